The molecule has 0 saturated carbocycles. The zero-order chi connectivity index (χ0) is 18.1. The molecule has 0 aliphatic heterocycles. The van der Waals surface area contributed by atoms with Crippen LogP contribution in [-0.2, 0) is 10.8 Å². The number of phenols is 1. The first-order chi connectivity index (χ1) is 11.0. The summed E-state index contributed by atoms with van der Waals surface area (Å²) >= 11 is 0. The Morgan fingerprint density at radius 3 is 1.71 bits per heavy atom. The summed E-state index contributed by atoms with van der Waals surface area (Å²) in [5, 5.41) is 10.7. The first-order valence-corrected chi connectivity index (χ1v) is 8.47. The standard InChI is InChI=1S/C22H29NO/c1-15-8-10-16(11-9-15)14-23-17-12-18(21(2,3)4)20(24)19(13-17)22(5,6)7/h8-14,24H,1-7H3. The summed E-state index contributed by atoms with van der Waals surface area (Å²) in [6.45, 7) is 14.8. The molecule has 1 N–H and O–H groups in total. The van der Waals surface area contributed by atoms with Crippen LogP contribution in [0.15, 0.2) is 41.4 Å². The summed E-state index contributed by atoms with van der Waals surface area (Å²) in [5.74, 6) is 0.393. The van der Waals surface area contributed by atoms with Crippen molar-refractivity contribution >= 4 is 11.9 Å². The number of benzene rings is 2. The Morgan fingerprint density at radius 1 is 0.833 bits per heavy atom. The Bertz CT molecular complexity index is 706. The van der Waals surface area contributed by atoms with Gasteiger partial charge in [0.25, 0.3) is 0 Å². The molecule has 0 amide bonds. The largest absolute Gasteiger partial charge is 0.507 e. The van der Waals surface area contributed by atoms with Crippen molar-refractivity contribution in [3.8, 4) is 5.75 Å². The molecule has 0 aromatic heterocycles. The van der Waals surface area contributed by atoms with Crippen molar-refractivity contribution in [1.29, 1.82) is 0 Å². The summed E-state index contributed by atoms with van der Waals surface area (Å²) < 4.78 is 0. The molecule has 0 bridgehead atoms. The van der Waals surface area contributed by atoms with Gasteiger partial charge in [0.15, 0.2) is 0 Å². The summed E-state index contributed by atoms with van der Waals surface area (Å²) in [6, 6.07) is 12.3. The lowest BCUT2D eigenvalue weighted by Crippen LogP contribution is -2.16. The maximum atomic E-state index is 10.7. The van der Waals surface area contributed by atoms with Gasteiger partial charge in [-0.05, 0) is 35.4 Å². The van der Waals surface area contributed by atoms with Crippen molar-refractivity contribution in [3.63, 3.8) is 0 Å². The highest BCUT2D eigenvalue weighted by atomic mass is 16.3. The molecule has 128 valence electrons. The van der Waals surface area contributed by atoms with E-state index in [1.165, 1.54) is 5.56 Å². The van der Waals surface area contributed by atoms with Crippen molar-refractivity contribution in [2.45, 2.75) is 59.3 Å². The van der Waals surface area contributed by atoms with Crippen LogP contribution in [0.2, 0.25) is 0 Å². The maximum Gasteiger partial charge on any atom is 0.123 e. The first kappa shape index (κ1) is 18.3. The molecule has 0 unspecified atom stereocenters. The SMILES string of the molecule is Cc1ccc(C=Nc2cc(C(C)(C)C)c(O)c(C(C)(C)C)c2)cc1. The molecule has 2 heteroatoms. The van der Waals surface area contributed by atoms with E-state index in [-0.39, 0.29) is 10.8 Å². The number of aryl methyl sites for hydroxylation is 1. The smallest absolute Gasteiger partial charge is 0.123 e. The average molecular weight is 323 g/mol. The fourth-order valence-electron chi connectivity index (χ4n) is 2.64. The number of rotatable bonds is 2. The summed E-state index contributed by atoms with van der Waals surface area (Å²) in [4.78, 5) is 4.66. The van der Waals surface area contributed by atoms with Crippen LogP contribution in [-0.4, -0.2) is 11.3 Å². The Kier molecular flexibility index (Phi) is 4.89. The number of aromatic hydroxyl groups is 1. The van der Waals surface area contributed by atoms with Gasteiger partial charge in [-0.15, -0.1) is 0 Å². The van der Waals surface area contributed by atoms with E-state index >= 15 is 0 Å². The minimum atomic E-state index is -0.139. The first-order valence-electron chi connectivity index (χ1n) is 8.47. The molecule has 0 fully saturated rings. The fraction of sp³-hybridized carbons (Fsp3) is 0.409. The van der Waals surface area contributed by atoms with Gasteiger partial charge in [-0.2, -0.15) is 0 Å². The molecule has 24 heavy (non-hydrogen) atoms. The third kappa shape index (κ3) is 4.25. The van der Waals surface area contributed by atoms with Crippen LogP contribution in [0, 0.1) is 6.92 Å². The van der Waals surface area contributed by atoms with Gasteiger partial charge in [0.2, 0.25) is 0 Å². The fourth-order valence-corrected chi connectivity index (χ4v) is 2.64. The van der Waals surface area contributed by atoms with Gasteiger partial charge in [0.05, 0.1) is 5.69 Å². The topological polar surface area (TPSA) is 32.6 Å². The Morgan fingerprint density at radius 2 is 1.29 bits per heavy atom. The van der Waals surface area contributed by atoms with Crippen LogP contribution in [0.25, 0.3) is 0 Å². The number of aliphatic imine (C=N–C) groups is 1. The van der Waals surface area contributed by atoms with E-state index in [2.05, 4.69) is 77.7 Å². The van der Waals surface area contributed by atoms with Crippen LogP contribution < -0.4 is 0 Å². The number of hydrogen-bond donors (Lipinski definition) is 1. The lowest BCUT2D eigenvalue weighted by molar-refractivity contribution is 0.423. The minimum Gasteiger partial charge on any atom is -0.507 e. The predicted octanol–water partition coefficient (Wildman–Crippen LogP) is 6.05. The molecular formula is C22H29NO. The summed E-state index contributed by atoms with van der Waals surface area (Å²) in [7, 11) is 0. The summed E-state index contributed by atoms with van der Waals surface area (Å²) in [6.07, 6.45) is 1.88. The van der Waals surface area contributed by atoms with Gasteiger partial charge >= 0.3 is 0 Å². The maximum absolute atomic E-state index is 10.7. The molecule has 0 aliphatic rings. The molecule has 0 aliphatic carbocycles. The highest BCUT2D eigenvalue weighted by molar-refractivity contribution is 5.82. The highest BCUT2D eigenvalue weighted by Gasteiger charge is 2.26. The average Bonchev–Trinajstić information content (AvgIpc) is 2.45. The van der Waals surface area contributed by atoms with Crippen LogP contribution in [0.3, 0.4) is 0 Å². The second kappa shape index (κ2) is 6.43. The zero-order valence-electron chi connectivity index (χ0n) is 15.9. The van der Waals surface area contributed by atoms with Crippen molar-refractivity contribution in [1.82, 2.24) is 0 Å². The van der Waals surface area contributed by atoms with Crippen molar-refractivity contribution < 1.29 is 5.11 Å². The van der Waals surface area contributed by atoms with Gasteiger partial charge in [-0.25, -0.2) is 0 Å². The Balaban J connectivity index is 2.52. The molecule has 0 radical (unpaired) electrons. The van der Waals surface area contributed by atoms with Gasteiger partial charge in [0.1, 0.15) is 5.75 Å². The number of hydrogen-bond acceptors (Lipinski definition) is 2. The normalized spacial score (nSPS) is 12.8. The van der Waals surface area contributed by atoms with Crippen LogP contribution >= 0.6 is 0 Å². The quantitative estimate of drug-likeness (QED) is 0.671. The number of nitrogens with zero attached hydrogens (tertiary/aromatic N) is 1. The van der Waals surface area contributed by atoms with Gasteiger partial charge in [-0.3, -0.25) is 4.99 Å². The lowest BCUT2D eigenvalue weighted by atomic mass is 9.79. The van der Waals surface area contributed by atoms with E-state index in [9.17, 15) is 5.11 Å². The molecular weight excluding hydrogens is 294 g/mol. The Hall–Kier alpha value is -2.09. The van der Waals surface area contributed by atoms with E-state index < -0.39 is 0 Å². The van der Waals surface area contributed by atoms with E-state index in [0.29, 0.717) is 5.75 Å². The van der Waals surface area contributed by atoms with Crippen LogP contribution in [0.1, 0.15) is 63.8 Å². The van der Waals surface area contributed by atoms with Crippen molar-refractivity contribution in [2.75, 3.05) is 0 Å². The molecule has 2 aromatic carbocycles. The highest BCUT2D eigenvalue weighted by Crippen LogP contribution is 2.41. The van der Waals surface area contributed by atoms with E-state index in [1.54, 1.807) is 0 Å². The van der Waals surface area contributed by atoms with E-state index in [4.69, 9.17) is 0 Å². The van der Waals surface area contributed by atoms with Gasteiger partial charge in [0, 0.05) is 17.3 Å². The molecule has 2 rings (SSSR count). The third-order valence-electron chi connectivity index (χ3n) is 4.15. The van der Waals surface area contributed by atoms with E-state index in [0.717, 1.165) is 22.4 Å². The van der Waals surface area contributed by atoms with Crippen molar-refractivity contribution in [3.05, 3.63) is 58.7 Å². The van der Waals surface area contributed by atoms with E-state index in [1.807, 2.05) is 18.3 Å². The monoisotopic (exact) mass is 323 g/mol. The molecule has 2 aromatic rings. The molecule has 0 spiro atoms. The Labute approximate surface area is 146 Å². The van der Waals surface area contributed by atoms with Gasteiger partial charge < -0.3 is 5.11 Å². The second-order valence-electron chi connectivity index (χ2n) is 8.56. The molecule has 0 atom stereocenters. The zero-order valence-corrected chi connectivity index (χ0v) is 15.9. The number of phenolic OH excluding ortho intramolecular Hbond substituents is 1. The predicted molar refractivity (Wildman–Crippen MR) is 104 cm³/mol. The second-order valence-corrected chi connectivity index (χ2v) is 8.56. The van der Waals surface area contributed by atoms with Crippen LogP contribution in [0.5, 0.6) is 5.75 Å². The lowest BCUT2D eigenvalue weighted by Gasteiger charge is -2.27. The summed E-state index contributed by atoms with van der Waals surface area (Å²) in [5.41, 5.74) is 4.78. The molecule has 0 heterocycles. The third-order valence-corrected chi connectivity index (χ3v) is 4.15. The molecule has 0 saturated heterocycles. The van der Waals surface area contributed by atoms with Gasteiger partial charge in [-0.1, -0.05) is 71.4 Å². The minimum absolute atomic E-state index is 0.139. The van der Waals surface area contributed by atoms with Crippen molar-refractivity contribution in [2.24, 2.45) is 4.99 Å². The van der Waals surface area contributed by atoms with Crippen LogP contribution in [0.4, 0.5) is 5.69 Å². The molecule has 2 nitrogen and oxygen atoms in total.